The summed E-state index contributed by atoms with van der Waals surface area (Å²) in [6.45, 7) is 2.69. The second-order valence-electron chi connectivity index (χ2n) is 17.5. The van der Waals surface area contributed by atoms with Gasteiger partial charge in [0.15, 0.2) is 0 Å². The van der Waals surface area contributed by atoms with Crippen LogP contribution in [0.15, 0.2) is 4.99 Å². The number of carbonyl (C=O) groups is 7. The molecule has 0 radical (unpaired) electrons. The Kier molecular flexibility index (Phi) is 36.3. The molecule has 8 atom stereocenters. The van der Waals surface area contributed by atoms with Gasteiger partial charge >= 0.3 is 0 Å². The van der Waals surface area contributed by atoms with E-state index in [1.165, 1.54) is 64.8 Å². The molecule has 0 saturated carbocycles. The van der Waals surface area contributed by atoms with E-state index in [-0.39, 0.29) is 45.0 Å². The van der Waals surface area contributed by atoms with Crippen LogP contribution in [0.25, 0.3) is 0 Å². The lowest BCUT2D eigenvalue weighted by atomic mass is 10.0. The van der Waals surface area contributed by atoms with Gasteiger partial charge in [0.05, 0.1) is 64.0 Å². The van der Waals surface area contributed by atoms with Crippen LogP contribution in [0.3, 0.4) is 0 Å². The molecule has 0 saturated heterocycles. The largest absolute Gasteiger partial charge is 0.394 e. The number of unbranched alkanes of at least 4 members (excludes halogenated alkanes) is 11. The molecule has 1 heterocycles. The van der Waals surface area contributed by atoms with Gasteiger partial charge < -0.3 is 72.9 Å². The van der Waals surface area contributed by atoms with E-state index in [0.29, 0.717) is 32.4 Å². The minimum absolute atomic E-state index is 0.0188. The zero-order valence-electron chi connectivity index (χ0n) is 41.8. The van der Waals surface area contributed by atoms with Gasteiger partial charge in [-0.2, -0.15) is 0 Å². The van der Waals surface area contributed by atoms with Crippen molar-refractivity contribution in [2.75, 3.05) is 66.3 Å². The van der Waals surface area contributed by atoms with Crippen molar-refractivity contribution < 1.29 is 63.5 Å². The number of amides is 7. The summed E-state index contributed by atoms with van der Waals surface area (Å²) in [5, 5.41) is 66.2. The SMILES string of the molecule is CCCCCCCCCCCCCC(=O)NCCOCCOCC(=O)NCC(=O)N[C@@H](CO)C(=O)N[C@@H](CCC(N)=O)[C@H](O)N[C@@H](C[C@H]1CNC=N1)[C@H](O)N[C@@H](CO)C(=O)N[C@@H](CCCC)C(=O)NC. The Bertz CT molecular complexity index is 1530. The summed E-state index contributed by atoms with van der Waals surface area (Å²) in [6.07, 6.45) is 13.1. The second-order valence-corrected chi connectivity index (χ2v) is 17.5. The summed E-state index contributed by atoms with van der Waals surface area (Å²) < 4.78 is 10.7. The predicted octanol–water partition coefficient (Wildman–Crippen LogP) is -2.46. The Hall–Kier alpha value is -4.56. The summed E-state index contributed by atoms with van der Waals surface area (Å²) in [7, 11) is 1.42. The van der Waals surface area contributed by atoms with Crippen LogP contribution in [0.1, 0.15) is 129 Å². The summed E-state index contributed by atoms with van der Waals surface area (Å²) in [4.78, 5) is 92.0. The van der Waals surface area contributed by atoms with Crippen molar-refractivity contribution >= 4 is 47.7 Å². The molecule has 1 rings (SSSR count). The molecular weight excluding hydrogens is 915 g/mol. The molecule has 0 fully saturated rings. The van der Waals surface area contributed by atoms with Crippen LogP contribution in [-0.4, -0.2) is 183 Å². The van der Waals surface area contributed by atoms with Crippen LogP contribution in [0.2, 0.25) is 0 Å². The molecule has 404 valence electrons. The van der Waals surface area contributed by atoms with Gasteiger partial charge in [-0.25, -0.2) is 0 Å². The number of aliphatic hydroxyl groups is 4. The smallest absolute Gasteiger partial charge is 0.246 e. The number of rotatable bonds is 44. The fourth-order valence-electron chi connectivity index (χ4n) is 7.36. The molecule has 0 aromatic carbocycles. The van der Waals surface area contributed by atoms with Crippen molar-refractivity contribution in [1.82, 2.24) is 47.9 Å². The number of nitrogens with zero attached hydrogens (tertiary/aromatic N) is 1. The van der Waals surface area contributed by atoms with E-state index >= 15 is 0 Å². The number of nitrogens with two attached hydrogens (primary N) is 1. The van der Waals surface area contributed by atoms with Gasteiger partial charge in [-0.15, -0.1) is 0 Å². The van der Waals surface area contributed by atoms with Crippen LogP contribution < -0.4 is 53.6 Å². The first kappa shape index (κ1) is 63.5. The normalized spacial score (nSPS) is 16.1. The summed E-state index contributed by atoms with van der Waals surface area (Å²) in [5.74, 6) is -4.48. The number of aliphatic hydroxyl groups excluding tert-OH is 4. The third-order valence-electron chi connectivity index (χ3n) is 11.5. The van der Waals surface area contributed by atoms with Crippen LogP contribution in [0, 0.1) is 0 Å². The van der Waals surface area contributed by atoms with Gasteiger partial charge in [0.25, 0.3) is 0 Å². The van der Waals surface area contributed by atoms with E-state index in [9.17, 15) is 54.0 Å². The molecule has 0 aromatic heterocycles. The van der Waals surface area contributed by atoms with Crippen molar-refractivity contribution in [3.63, 3.8) is 0 Å². The zero-order valence-corrected chi connectivity index (χ0v) is 41.8. The van der Waals surface area contributed by atoms with Crippen LogP contribution >= 0.6 is 0 Å². The van der Waals surface area contributed by atoms with Crippen molar-refractivity contribution in [2.45, 2.75) is 178 Å². The molecule has 24 nitrogen and oxygen atoms in total. The summed E-state index contributed by atoms with van der Waals surface area (Å²) >= 11 is 0. The molecule has 24 heteroatoms. The van der Waals surface area contributed by atoms with Gasteiger partial charge in [-0.3, -0.25) is 49.2 Å². The summed E-state index contributed by atoms with van der Waals surface area (Å²) in [6, 6.07) is -6.73. The second kappa shape index (κ2) is 40.1. The van der Waals surface area contributed by atoms with Crippen LogP contribution in [0.5, 0.6) is 0 Å². The molecule has 70 heavy (non-hydrogen) atoms. The molecule has 7 amide bonds. The van der Waals surface area contributed by atoms with Gasteiger partial charge in [-0.05, 0) is 25.7 Å². The third-order valence-corrected chi connectivity index (χ3v) is 11.5. The van der Waals surface area contributed by atoms with Crippen LogP contribution in [-0.2, 0) is 43.0 Å². The lowest BCUT2D eigenvalue weighted by Gasteiger charge is -2.34. The average molecular weight is 1000 g/mol. The highest BCUT2D eigenvalue weighted by Gasteiger charge is 2.34. The molecule has 0 bridgehead atoms. The Morgan fingerprint density at radius 1 is 0.657 bits per heavy atom. The highest BCUT2D eigenvalue weighted by Crippen LogP contribution is 2.14. The number of carbonyl (C=O) groups excluding carboxylic acids is 7. The van der Waals surface area contributed by atoms with Gasteiger partial charge in [-0.1, -0.05) is 90.9 Å². The number of hydrogen-bond acceptors (Lipinski definition) is 17. The van der Waals surface area contributed by atoms with E-state index in [1.807, 2.05) is 6.92 Å². The van der Waals surface area contributed by atoms with E-state index < -0.39 is 111 Å². The fourth-order valence-corrected chi connectivity index (χ4v) is 7.36. The van der Waals surface area contributed by atoms with Crippen molar-refractivity contribution in [3.8, 4) is 0 Å². The Labute approximate surface area is 413 Å². The highest BCUT2D eigenvalue weighted by atomic mass is 16.5. The molecule has 0 aromatic rings. The average Bonchev–Trinajstić information content (AvgIpc) is 3.86. The number of aliphatic imine (C=N–C) groups is 1. The first-order chi connectivity index (χ1) is 33.7. The van der Waals surface area contributed by atoms with E-state index in [0.717, 1.165) is 25.7 Å². The number of nitrogens with one attached hydrogen (secondary N) is 9. The first-order valence-electron chi connectivity index (χ1n) is 25.1. The quantitative estimate of drug-likeness (QED) is 0.0222. The highest BCUT2D eigenvalue weighted by molar-refractivity contribution is 5.91. The van der Waals surface area contributed by atoms with Crippen molar-refractivity contribution in [1.29, 1.82) is 0 Å². The monoisotopic (exact) mass is 1000 g/mol. The molecular formula is C46H87N11O13. The van der Waals surface area contributed by atoms with Gasteiger partial charge in [0, 0.05) is 33.0 Å². The van der Waals surface area contributed by atoms with Crippen molar-refractivity contribution in [2.24, 2.45) is 10.7 Å². The standard InChI is InChI=1S/C46H87N11O13/c1-4-6-8-9-10-11-12-13-14-15-16-18-39(61)50-21-22-69-23-24-70-30-41(63)51-27-40(62)53-36(28-58)45(67)55-34(19-20-38(47)60)43(65)56-35(25-32-26-49-31-52-32)44(66)57-37(29-59)46(68)54-33(17-7-5-2)42(64)48-3/h31-37,43-44,56-59,65-66H,4-30H2,1-3H3,(H2,47,60)(H,48,64)(H,49,52)(H,50,61)(H,51,63)(H,53,62)(H,54,68)(H,55,67)/t32-,33-,34-,35-,36-,37-,43-,44-/m0/s1. The molecule has 0 unspecified atom stereocenters. The minimum Gasteiger partial charge on any atom is -0.394 e. The van der Waals surface area contributed by atoms with E-state index in [1.54, 1.807) is 0 Å². The minimum atomic E-state index is -1.72. The lowest BCUT2D eigenvalue weighted by Crippen LogP contribution is -2.63. The molecule has 1 aliphatic heterocycles. The molecule has 0 aliphatic carbocycles. The molecule has 15 N–H and O–H groups in total. The van der Waals surface area contributed by atoms with E-state index in [4.69, 9.17) is 15.2 Å². The third kappa shape index (κ3) is 30.2. The molecule has 1 aliphatic rings. The Morgan fingerprint density at radius 3 is 1.87 bits per heavy atom. The topological polar surface area (TPSA) is 366 Å². The maximum atomic E-state index is 13.3. The van der Waals surface area contributed by atoms with Gasteiger partial charge in [0.1, 0.15) is 37.2 Å². The first-order valence-corrected chi connectivity index (χ1v) is 25.1. The zero-order chi connectivity index (χ0) is 51.9. The fraction of sp³-hybridized carbons (Fsp3) is 0.826. The number of ether oxygens (including phenoxy) is 2. The Morgan fingerprint density at radius 2 is 1.27 bits per heavy atom. The van der Waals surface area contributed by atoms with E-state index in [2.05, 4.69) is 59.8 Å². The summed E-state index contributed by atoms with van der Waals surface area (Å²) in [5.41, 5.74) is 5.36. The molecule has 0 spiro atoms. The number of likely N-dealkylation sites (N-methyl/N-ethyl adjacent to an activating group) is 1. The maximum Gasteiger partial charge on any atom is 0.246 e. The van der Waals surface area contributed by atoms with Gasteiger partial charge in [0.2, 0.25) is 41.4 Å². The Balaban J connectivity index is 2.60. The number of primary amides is 1. The predicted molar refractivity (Wildman–Crippen MR) is 261 cm³/mol. The lowest BCUT2D eigenvalue weighted by molar-refractivity contribution is -0.132. The maximum absolute atomic E-state index is 13.3. The van der Waals surface area contributed by atoms with Crippen molar-refractivity contribution in [3.05, 3.63) is 0 Å². The van der Waals surface area contributed by atoms with Crippen LogP contribution in [0.4, 0.5) is 0 Å². The number of hydrogen-bond donors (Lipinski definition) is 14.